The van der Waals surface area contributed by atoms with Crippen molar-refractivity contribution in [3.63, 3.8) is 0 Å². The fourth-order valence-corrected chi connectivity index (χ4v) is 1.16. The number of benzene rings is 1. The van der Waals surface area contributed by atoms with Gasteiger partial charge in [-0.25, -0.2) is 8.42 Å². The van der Waals surface area contributed by atoms with E-state index in [2.05, 4.69) is 4.18 Å². The second-order valence-corrected chi connectivity index (χ2v) is 3.38. The van der Waals surface area contributed by atoms with Gasteiger partial charge in [0, 0.05) is 6.07 Å². The predicted octanol–water partition coefficient (Wildman–Crippen LogP) is -2.86. The van der Waals surface area contributed by atoms with Crippen LogP contribution in [0.2, 0.25) is 0 Å². The molecule has 0 amide bonds. The van der Waals surface area contributed by atoms with E-state index in [0.717, 1.165) is 12.1 Å². The first-order chi connectivity index (χ1) is 6.79. The van der Waals surface area contributed by atoms with Crippen LogP contribution in [0.4, 0.5) is 5.69 Å². The zero-order chi connectivity index (χ0) is 11.6. The molecule has 1 aromatic rings. The van der Waals surface area contributed by atoms with Crippen LogP contribution >= 0.6 is 0 Å². The van der Waals surface area contributed by atoms with Gasteiger partial charge in [0.1, 0.15) is 0 Å². The third kappa shape index (κ3) is 4.33. The molecule has 0 unspecified atom stereocenters. The standard InChI is InChI=1S/C6H5NO7S.Na/c8-5-3-4(7(9)10)1-2-6(5)14-15(11,12)13;/h1-3,8H,(H,11,12,13);/q;+1/p-1. The Morgan fingerprint density at radius 1 is 1.38 bits per heavy atom. The molecule has 1 aromatic carbocycles. The first-order valence-electron chi connectivity index (χ1n) is 3.42. The number of nitrogens with zero attached hydrogens (tertiary/aromatic N) is 1. The number of phenolic OH excluding ortho intramolecular Hbond substituents is 1. The Kier molecular flexibility index (Phi) is 5.16. The summed E-state index contributed by atoms with van der Waals surface area (Å²) >= 11 is 0. The van der Waals surface area contributed by atoms with E-state index in [1.165, 1.54) is 0 Å². The van der Waals surface area contributed by atoms with Gasteiger partial charge in [-0.05, 0) is 6.07 Å². The Morgan fingerprint density at radius 2 is 1.94 bits per heavy atom. The summed E-state index contributed by atoms with van der Waals surface area (Å²) in [6.45, 7) is 0. The molecule has 82 valence electrons. The van der Waals surface area contributed by atoms with Crippen LogP contribution in [0, 0.1) is 10.1 Å². The first-order valence-corrected chi connectivity index (χ1v) is 4.75. The quantitative estimate of drug-likeness (QED) is 0.203. The number of hydrogen-bond donors (Lipinski definition) is 1. The van der Waals surface area contributed by atoms with Gasteiger partial charge in [-0.2, -0.15) is 0 Å². The van der Waals surface area contributed by atoms with Gasteiger partial charge in [-0.3, -0.25) is 10.1 Å². The molecule has 0 heterocycles. The van der Waals surface area contributed by atoms with Crippen molar-refractivity contribution in [1.29, 1.82) is 0 Å². The molecule has 10 heteroatoms. The molecular formula is C6H4NNaO7S. The Morgan fingerprint density at radius 3 is 2.31 bits per heavy atom. The molecule has 0 saturated heterocycles. The number of phenols is 1. The van der Waals surface area contributed by atoms with E-state index in [1.54, 1.807) is 0 Å². The van der Waals surface area contributed by atoms with Gasteiger partial charge in [-0.1, -0.05) is 0 Å². The van der Waals surface area contributed by atoms with Crippen LogP contribution in [-0.4, -0.2) is 23.0 Å². The summed E-state index contributed by atoms with van der Waals surface area (Å²) in [6, 6.07) is 2.36. The maximum Gasteiger partial charge on any atom is 1.00 e. The number of rotatable bonds is 3. The van der Waals surface area contributed by atoms with Crippen molar-refractivity contribution in [3.05, 3.63) is 28.3 Å². The van der Waals surface area contributed by atoms with Crippen LogP contribution < -0.4 is 33.7 Å². The van der Waals surface area contributed by atoms with Crippen LogP contribution in [0.1, 0.15) is 0 Å². The summed E-state index contributed by atoms with van der Waals surface area (Å²) in [7, 11) is -5.01. The van der Waals surface area contributed by atoms with Gasteiger partial charge in [0.25, 0.3) is 16.1 Å². The van der Waals surface area contributed by atoms with Crippen molar-refractivity contribution in [2.45, 2.75) is 0 Å². The molecule has 0 aliphatic heterocycles. The van der Waals surface area contributed by atoms with Gasteiger partial charge in [-0.15, -0.1) is 0 Å². The van der Waals surface area contributed by atoms with Gasteiger partial charge in [0.15, 0.2) is 11.5 Å². The molecule has 1 rings (SSSR count). The fourth-order valence-electron chi connectivity index (χ4n) is 0.800. The minimum atomic E-state index is -5.01. The molecule has 0 aromatic heterocycles. The van der Waals surface area contributed by atoms with E-state index < -0.39 is 32.5 Å². The van der Waals surface area contributed by atoms with E-state index >= 15 is 0 Å². The Hall–Kier alpha value is -0.870. The minimum Gasteiger partial charge on any atom is -0.716 e. The number of non-ortho nitro benzene ring substituents is 1. The maximum atomic E-state index is 10.2. The molecule has 0 spiro atoms. The summed E-state index contributed by atoms with van der Waals surface area (Å²) in [5.74, 6) is -1.46. The Balaban J connectivity index is 0.00000225. The van der Waals surface area contributed by atoms with Crippen LogP contribution in [0.15, 0.2) is 18.2 Å². The SMILES string of the molecule is O=[N+]([O-])c1ccc(OS(=O)(=O)[O-])c(O)c1.[Na+]. The van der Waals surface area contributed by atoms with Gasteiger partial charge in [0.05, 0.1) is 11.0 Å². The van der Waals surface area contributed by atoms with Crippen molar-refractivity contribution in [2.24, 2.45) is 0 Å². The van der Waals surface area contributed by atoms with E-state index in [-0.39, 0.29) is 29.6 Å². The number of hydrogen-bond acceptors (Lipinski definition) is 7. The number of aromatic hydroxyl groups is 1. The molecule has 0 radical (unpaired) electrons. The third-order valence-electron chi connectivity index (χ3n) is 1.35. The molecule has 1 N–H and O–H groups in total. The van der Waals surface area contributed by atoms with Crippen molar-refractivity contribution in [2.75, 3.05) is 0 Å². The second kappa shape index (κ2) is 5.46. The van der Waals surface area contributed by atoms with Crippen LogP contribution in [-0.2, 0) is 10.4 Å². The van der Waals surface area contributed by atoms with E-state index in [0.29, 0.717) is 6.07 Å². The average molecular weight is 257 g/mol. The summed E-state index contributed by atoms with van der Waals surface area (Å²) in [6.07, 6.45) is 0. The zero-order valence-electron chi connectivity index (χ0n) is 7.98. The average Bonchev–Trinajstić information content (AvgIpc) is 2.05. The molecule has 0 aliphatic rings. The van der Waals surface area contributed by atoms with Crippen molar-refractivity contribution < 1.29 is 56.7 Å². The summed E-state index contributed by atoms with van der Waals surface area (Å²) in [5, 5.41) is 19.3. The topological polar surface area (TPSA) is 130 Å². The smallest absolute Gasteiger partial charge is 0.716 e. The van der Waals surface area contributed by atoms with Crippen LogP contribution in [0.25, 0.3) is 0 Å². The molecule has 16 heavy (non-hydrogen) atoms. The van der Waals surface area contributed by atoms with Gasteiger partial charge >= 0.3 is 29.6 Å². The molecule has 0 atom stereocenters. The zero-order valence-corrected chi connectivity index (χ0v) is 10.8. The number of nitro groups is 1. The fraction of sp³-hybridized carbons (Fsp3) is 0. The van der Waals surface area contributed by atoms with Gasteiger partial charge < -0.3 is 13.8 Å². The van der Waals surface area contributed by atoms with Crippen LogP contribution in [0.5, 0.6) is 11.5 Å². The maximum absolute atomic E-state index is 10.2. The van der Waals surface area contributed by atoms with Crippen LogP contribution in [0.3, 0.4) is 0 Å². The van der Waals surface area contributed by atoms with Crippen molar-refractivity contribution in [1.82, 2.24) is 0 Å². The summed E-state index contributed by atoms with van der Waals surface area (Å²) in [5.41, 5.74) is -0.455. The summed E-state index contributed by atoms with van der Waals surface area (Å²) in [4.78, 5) is 9.43. The Labute approximate surface area is 112 Å². The van der Waals surface area contributed by atoms with E-state index in [9.17, 15) is 23.1 Å². The number of nitro benzene ring substituents is 1. The Bertz CT molecular complexity index is 500. The molecule has 0 saturated carbocycles. The largest absolute Gasteiger partial charge is 1.00 e. The normalized spacial score (nSPS) is 10.3. The van der Waals surface area contributed by atoms with E-state index in [4.69, 9.17) is 5.11 Å². The van der Waals surface area contributed by atoms with E-state index in [1.807, 2.05) is 0 Å². The van der Waals surface area contributed by atoms with Crippen molar-refractivity contribution in [3.8, 4) is 11.5 Å². The molecule has 8 nitrogen and oxygen atoms in total. The molecular weight excluding hydrogens is 253 g/mol. The first kappa shape index (κ1) is 15.1. The van der Waals surface area contributed by atoms with Crippen molar-refractivity contribution >= 4 is 16.1 Å². The molecule has 0 bridgehead atoms. The predicted molar refractivity (Wildman–Crippen MR) is 45.1 cm³/mol. The second-order valence-electron chi connectivity index (χ2n) is 2.40. The monoisotopic (exact) mass is 257 g/mol. The minimum absolute atomic E-state index is 0. The molecule has 0 fully saturated rings. The van der Waals surface area contributed by atoms with Gasteiger partial charge in [0.2, 0.25) is 0 Å². The third-order valence-corrected chi connectivity index (χ3v) is 1.73. The molecule has 0 aliphatic carbocycles. The summed E-state index contributed by atoms with van der Waals surface area (Å²) < 4.78 is 34.3.